The van der Waals surface area contributed by atoms with Gasteiger partial charge < -0.3 is 4.90 Å². The van der Waals surface area contributed by atoms with Crippen LogP contribution in [0, 0.1) is 14.9 Å². The number of nitriles is 1. The number of nitrogens with zero attached hydrogens (tertiary/aromatic N) is 2. The minimum Gasteiger partial charge on any atom is -0.310 e. The number of halogens is 1. The lowest BCUT2D eigenvalue weighted by Crippen LogP contribution is -2.28. The molecule has 13 aromatic rings. The van der Waals surface area contributed by atoms with Crippen molar-refractivity contribution in [2.24, 2.45) is 0 Å². The average molecular weight is 1090 g/mol. The highest BCUT2D eigenvalue weighted by Crippen LogP contribution is 2.58. The summed E-state index contributed by atoms with van der Waals surface area (Å²) in [6, 6.07) is 102. The lowest BCUT2D eigenvalue weighted by molar-refractivity contribution is 0.768. The van der Waals surface area contributed by atoms with E-state index in [0.717, 1.165) is 44.5 Å². The standard InChI is InChI=1S/C74H47IN2/c75-57-35-40-59(41-36-57)77(60-39-32-51-15-7-8-16-52(51)46-60)58-37-29-49(30-38-58)27-28-50-31-42-63-64-43-33-53(47-71(64)74(70(63)45-50,55-17-3-1-4-18-55)56-19-5-2-6-20-56)72-65-23-11-13-25-67(65)73(68-26-14-12-24-66(68)72)69-44-34-54(48-76)61-21-9-10-22-62(61)69/h1-47H/b28-27+. The highest BCUT2D eigenvalue weighted by atomic mass is 127. The Bertz CT molecular complexity index is 4420. The van der Waals surface area contributed by atoms with E-state index in [1.54, 1.807) is 0 Å². The maximum atomic E-state index is 10.1. The van der Waals surface area contributed by atoms with Crippen LogP contribution >= 0.6 is 22.6 Å². The van der Waals surface area contributed by atoms with Crippen molar-refractivity contribution in [1.29, 1.82) is 5.26 Å². The van der Waals surface area contributed by atoms with E-state index in [1.807, 2.05) is 12.1 Å². The van der Waals surface area contributed by atoms with E-state index in [4.69, 9.17) is 0 Å². The molecule has 0 amide bonds. The van der Waals surface area contributed by atoms with Gasteiger partial charge in [-0.05, 0) is 194 Å². The highest BCUT2D eigenvalue weighted by Gasteiger charge is 2.46. The van der Waals surface area contributed by atoms with Crippen molar-refractivity contribution in [2.75, 3.05) is 4.90 Å². The van der Waals surface area contributed by atoms with Crippen LogP contribution in [0.3, 0.4) is 0 Å². The number of rotatable bonds is 9. The van der Waals surface area contributed by atoms with Crippen molar-refractivity contribution < 1.29 is 0 Å². The number of hydrogen-bond acceptors (Lipinski definition) is 2. The minimum atomic E-state index is -0.622. The molecule has 1 aliphatic carbocycles. The molecule has 360 valence electrons. The molecule has 0 bridgehead atoms. The molecule has 2 nitrogen and oxygen atoms in total. The van der Waals surface area contributed by atoms with Gasteiger partial charge in [-0.3, -0.25) is 0 Å². The number of fused-ring (bicyclic) bond motifs is 7. The van der Waals surface area contributed by atoms with Gasteiger partial charge in [0.25, 0.3) is 0 Å². The van der Waals surface area contributed by atoms with Crippen molar-refractivity contribution in [1.82, 2.24) is 0 Å². The van der Waals surface area contributed by atoms with Crippen LogP contribution in [0.4, 0.5) is 17.1 Å². The van der Waals surface area contributed by atoms with Gasteiger partial charge >= 0.3 is 0 Å². The van der Waals surface area contributed by atoms with Gasteiger partial charge in [-0.2, -0.15) is 5.26 Å². The van der Waals surface area contributed by atoms with Crippen LogP contribution in [0.2, 0.25) is 0 Å². The Kier molecular flexibility index (Phi) is 11.5. The molecule has 0 spiro atoms. The molecule has 0 aliphatic heterocycles. The Morgan fingerprint density at radius 2 is 0.844 bits per heavy atom. The monoisotopic (exact) mass is 1090 g/mol. The van der Waals surface area contributed by atoms with Gasteiger partial charge in [0.05, 0.1) is 17.0 Å². The van der Waals surface area contributed by atoms with E-state index in [1.165, 1.54) is 86.0 Å². The Morgan fingerprint density at radius 3 is 1.48 bits per heavy atom. The van der Waals surface area contributed by atoms with Crippen LogP contribution in [0.25, 0.3) is 88.6 Å². The summed E-state index contributed by atoms with van der Waals surface area (Å²) in [6.45, 7) is 0. The maximum Gasteiger partial charge on any atom is 0.0998 e. The molecular formula is C74H47IN2. The second-order valence-corrected chi connectivity index (χ2v) is 21.2. The third kappa shape index (κ3) is 7.75. The second kappa shape index (κ2) is 19.1. The van der Waals surface area contributed by atoms with Crippen molar-refractivity contribution >= 4 is 94.9 Å². The fraction of sp³-hybridized carbons (Fsp3) is 0.0135. The van der Waals surface area contributed by atoms with Crippen LogP contribution in [-0.4, -0.2) is 0 Å². The van der Waals surface area contributed by atoms with Crippen LogP contribution in [0.5, 0.6) is 0 Å². The summed E-state index contributed by atoms with van der Waals surface area (Å²) in [7, 11) is 0. The molecule has 14 rings (SSSR count). The zero-order valence-electron chi connectivity index (χ0n) is 41.9. The summed E-state index contributed by atoms with van der Waals surface area (Å²) >= 11 is 2.38. The molecule has 0 saturated carbocycles. The molecule has 0 unspecified atom stereocenters. The van der Waals surface area contributed by atoms with Gasteiger partial charge in [-0.1, -0.05) is 218 Å². The number of anilines is 3. The van der Waals surface area contributed by atoms with Gasteiger partial charge in [0, 0.05) is 26.0 Å². The molecule has 3 heteroatoms. The third-order valence-electron chi connectivity index (χ3n) is 15.8. The topological polar surface area (TPSA) is 27.0 Å². The third-order valence-corrected chi connectivity index (χ3v) is 16.5. The highest BCUT2D eigenvalue weighted by molar-refractivity contribution is 14.1. The minimum absolute atomic E-state index is 0.622. The van der Waals surface area contributed by atoms with Gasteiger partial charge in [0.2, 0.25) is 0 Å². The fourth-order valence-corrected chi connectivity index (χ4v) is 12.7. The smallest absolute Gasteiger partial charge is 0.0998 e. The van der Waals surface area contributed by atoms with E-state index in [-0.39, 0.29) is 0 Å². The molecule has 0 heterocycles. The average Bonchev–Trinajstić information content (AvgIpc) is 3.91. The number of hydrogen-bond donors (Lipinski definition) is 0. The van der Waals surface area contributed by atoms with E-state index in [9.17, 15) is 5.26 Å². The summed E-state index contributed by atoms with van der Waals surface area (Å²) in [5.74, 6) is 0. The van der Waals surface area contributed by atoms with E-state index < -0.39 is 5.41 Å². The zero-order chi connectivity index (χ0) is 51.5. The fourth-order valence-electron chi connectivity index (χ4n) is 12.4. The SMILES string of the molecule is N#Cc1ccc(-c2c3ccccc3c(-c3ccc4c(c3)C(c3ccccc3)(c3ccccc3)c3cc(/C=C/c5ccc(N(c6ccc(I)cc6)c6ccc7ccccc7c6)cc5)ccc3-4)c3ccccc23)c2ccccc12. The van der Waals surface area contributed by atoms with Gasteiger partial charge in [0.1, 0.15) is 0 Å². The van der Waals surface area contributed by atoms with E-state index >= 15 is 0 Å². The molecule has 13 aromatic carbocycles. The summed E-state index contributed by atoms with van der Waals surface area (Å²) in [6.07, 6.45) is 4.51. The normalized spacial score (nSPS) is 12.5. The first-order valence-electron chi connectivity index (χ1n) is 26.1. The Morgan fingerprint density at radius 1 is 0.364 bits per heavy atom. The summed E-state index contributed by atoms with van der Waals surface area (Å²) in [4.78, 5) is 2.34. The first-order valence-corrected chi connectivity index (χ1v) is 27.2. The first-order chi connectivity index (χ1) is 38.0. The predicted octanol–water partition coefficient (Wildman–Crippen LogP) is 20.1. The van der Waals surface area contributed by atoms with Crippen molar-refractivity contribution in [3.8, 4) is 39.4 Å². The summed E-state index contributed by atoms with van der Waals surface area (Å²) in [5.41, 5.74) is 17.8. The lowest BCUT2D eigenvalue weighted by atomic mass is 9.67. The van der Waals surface area contributed by atoms with Crippen LogP contribution in [0.1, 0.15) is 38.9 Å². The van der Waals surface area contributed by atoms with Crippen LogP contribution < -0.4 is 4.90 Å². The molecule has 0 saturated heterocycles. The molecule has 0 atom stereocenters. The largest absolute Gasteiger partial charge is 0.310 e. The predicted molar refractivity (Wildman–Crippen MR) is 332 cm³/mol. The summed E-state index contributed by atoms with van der Waals surface area (Å²) in [5, 5.41) is 19.3. The number of benzene rings is 13. The molecular weight excluding hydrogens is 1040 g/mol. The van der Waals surface area contributed by atoms with Crippen LogP contribution in [-0.2, 0) is 5.41 Å². The van der Waals surface area contributed by atoms with Gasteiger partial charge in [-0.15, -0.1) is 0 Å². The van der Waals surface area contributed by atoms with E-state index in [0.29, 0.717) is 5.56 Å². The van der Waals surface area contributed by atoms with Gasteiger partial charge in [-0.25, -0.2) is 0 Å². The maximum absolute atomic E-state index is 10.1. The zero-order valence-corrected chi connectivity index (χ0v) is 44.1. The van der Waals surface area contributed by atoms with Crippen molar-refractivity contribution in [3.05, 3.63) is 316 Å². The first kappa shape index (κ1) is 46.2. The Hall–Kier alpha value is -9.34. The van der Waals surface area contributed by atoms with Gasteiger partial charge in [0.15, 0.2) is 0 Å². The quantitative estimate of drug-likeness (QED) is 0.0818. The Balaban J connectivity index is 0.902. The van der Waals surface area contributed by atoms with Crippen molar-refractivity contribution in [2.45, 2.75) is 5.41 Å². The molecule has 77 heavy (non-hydrogen) atoms. The molecule has 0 radical (unpaired) electrons. The lowest BCUT2D eigenvalue weighted by Gasteiger charge is -2.34. The Labute approximate surface area is 462 Å². The van der Waals surface area contributed by atoms with Crippen molar-refractivity contribution in [3.63, 3.8) is 0 Å². The second-order valence-electron chi connectivity index (χ2n) is 20.0. The summed E-state index contributed by atoms with van der Waals surface area (Å²) < 4.78 is 1.20. The molecule has 0 N–H and O–H groups in total. The van der Waals surface area contributed by atoms with Crippen LogP contribution in [0.15, 0.2) is 273 Å². The van der Waals surface area contributed by atoms with E-state index in [2.05, 4.69) is 307 Å². The molecule has 0 aromatic heterocycles. The molecule has 0 fully saturated rings. The molecule has 1 aliphatic rings.